The Morgan fingerprint density at radius 1 is 1.14 bits per heavy atom. The second-order valence-corrected chi connectivity index (χ2v) is 4.54. The van der Waals surface area contributed by atoms with E-state index in [-0.39, 0.29) is 17.8 Å². The summed E-state index contributed by atoms with van der Waals surface area (Å²) in [5.74, 6) is -1.34. The summed E-state index contributed by atoms with van der Waals surface area (Å²) < 4.78 is 40.5. The van der Waals surface area contributed by atoms with Crippen LogP contribution in [-0.4, -0.2) is 17.7 Å². The Morgan fingerprint density at radius 2 is 1.57 bits per heavy atom. The minimum absolute atomic E-state index is 0.220. The number of esters is 1. The molecule has 3 rings (SSSR count). The highest BCUT2D eigenvalue weighted by atomic mass is 19.4. The van der Waals surface area contributed by atoms with Crippen LogP contribution in [0.25, 0.3) is 0 Å². The maximum Gasteiger partial charge on any atom is 0.490 e. The topological polar surface area (TPSA) is 26.3 Å². The van der Waals surface area contributed by atoms with Gasteiger partial charge in [-0.15, -0.1) is 0 Å². The smallest absolute Gasteiger partial charge is 0.452 e. The highest BCUT2D eigenvalue weighted by Crippen LogP contribution is 2.74. The zero-order chi connectivity index (χ0) is 10.1. The summed E-state index contributed by atoms with van der Waals surface area (Å²) in [6.45, 7) is 0. The number of carbonyl (C=O) groups excluding carboxylic acids is 1. The molecule has 0 aromatic heterocycles. The van der Waals surface area contributed by atoms with E-state index in [1.165, 1.54) is 0 Å². The van der Waals surface area contributed by atoms with E-state index in [2.05, 4.69) is 4.74 Å². The van der Waals surface area contributed by atoms with Crippen LogP contribution in [0, 0.1) is 17.8 Å². The van der Waals surface area contributed by atoms with Crippen molar-refractivity contribution in [3.63, 3.8) is 0 Å². The molecule has 0 aliphatic heterocycles. The first-order valence-electron chi connectivity index (χ1n) is 4.74. The van der Waals surface area contributed by atoms with E-state index in [0.717, 1.165) is 19.3 Å². The lowest BCUT2D eigenvalue weighted by atomic mass is 9.33. The molecule has 3 aliphatic rings. The van der Waals surface area contributed by atoms with Gasteiger partial charge in [-0.05, 0) is 19.3 Å². The summed E-state index contributed by atoms with van der Waals surface area (Å²) in [4.78, 5) is 10.7. The fraction of sp³-hybridized carbons (Fsp3) is 0.889. The van der Waals surface area contributed by atoms with E-state index in [0.29, 0.717) is 0 Å². The van der Waals surface area contributed by atoms with E-state index in [1.54, 1.807) is 0 Å². The van der Waals surface area contributed by atoms with Crippen LogP contribution >= 0.6 is 0 Å². The molecule has 78 valence electrons. The van der Waals surface area contributed by atoms with Crippen molar-refractivity contribution < 1.29 is 22.7 Å². The van der Waals surface area contributed by atoms with Crippen LogP contribution in [-0.2, 0) is 9.53 Å². The van der Waals surface area contributed by atoms with Crippen LogP contribution in [0.3, 0.4) is 0 Å². The zero-order valence-electron chi connectivity index (χ0n) is 7.30. The van der Waals surface area contributed by atoms with Crippen LogP contribution in [0.4, 0.5) is 13.2 Å². The first-order chi connectivity index (χ1) is 6.44. The number of alkyl halides is 3. The largest absolute Gasteiger partial charge is 0.490 e. The minimum Gasteiger partial charge on any atom is -0.452 e. The van der Waals surface area contributed by atoms with Crippen LogP contribution in [0.15, 0.2) is 0 Å². The predicted molar refractivity (Wildman–Crippen MR) is 39.2 cm³/mol. The number of hydrogen-bond donors (Lipinski definition) is 0. The van der Waals surface area contributed by atoms with Crippen molar-refractivity contribution in [2.24, 2.45) is 17.8 Å². The molecule has 0 aromatic carbocycles. The van der Waals surface area contributed by atoms with Gasteiger partial charge in [-0.2, -0.15) is 13.2 Å². The van der Waals surface area contributed by atoms with Gasteiger partial charge in [0, 0.05) is 17.8 Å². The highest BCUT2D eigenvalue weighted by molar-refractivity contribution is 5.76. The fourth-order valence-electron chi connectivity index (χ4n) is 3.41. The van der Waals surface area contributed by atoms with E-state index in [9.17, 15) is 18.0 Å². The molecule has 0 bridgehead atoms. The molecule has 5 heteroatoms. The van der Waals surface area contributed by atoms with Crippen LogP contribution in [0.1, 0.15) is 19.3 Å². The third kappa shape index (κ3) is 0.731. The summed E-state index contributed by atoms with van der Waals surface area (Å²) in [7, 11) is 0. The van der Waals surface area contributed by atoms with E-state index in [1.807, 2.05) is 0 Å². The van der Waals surface area contributed by atoms with Crippen LogP contribution in [0.2, 0.25) is 0 Å². The lowest BCUT2D eigenvalue weighted by Crippen LogP contribution is -2.78. The number of carbonyl (C=O) groups is 1. The molecule has 0 N–H and O–H groups in total. The second-order valence-electron chi connectivity index (χ2n) is 4.54. The number of halogens is 3. The van der Waals surface area contributed by atoms with Gasteiger partial charge in [0.05, 0.1) is 0 Å². The molecule has 2 nitrogen and oxygen atoms in total. The molecule has 3 saturated carbocycles. The molecule has 0 unspecified atom stereocenters. The van der Waals surface area contributed by atoms with Gasteiger partial charge in [0.2, 0.25) is 0 Å². The Labute approximate surface area is 78.4 Å². The Morgan fingerprint density at radius 3 is 1.86 bits per heavy atom. The Hall–Kier alpha value is -0.740. The number of rotatable bonds is 1. The van der Waals surface area contributed by atoms with Gasteiger partial charge in [0.15, 0.2) is 0 Å². The van der Waals surface area contributed by atoms with Crippen molar-refractivity contribution in [1.29, 1.82) is 0 Å². The van der Waals surface area contributed by atoms with E-state index < -0.39 is 17.7 Å². The summed E-state index contributed by atoms with van der Waals surface area (Å²) in [5, 5.41) is 0. The Bertz CT molecular complexity index is 277. The molecule has 0 heterocycles. The van der Waals surface area contributed by atoms with Gasteiger partial charge in [0.25, 0.3) is 0 Å². The fourth-order valence-corrected chi connectivity index (χ4v) is 3.41. The van der Waals surface area contributed by atoms with Crippen molar-refractivity contribution in [2.45, 2.75) is 31.0 Å². The van der Waals surface area contributed by atoms with Crippen molar-refractivity contribution in [2.75, 3.05) is 0 Å². The molecular formula is C9H9F3O2. The van der Waals surface area contributed by atoms with Gasteiger partial charge < -0.3 is 4.74 Å². The SMILES string of the molecule is O=C(OC12C3CC1CC2C3)C(F)(F)F. The average molecular weight is 206 g/mol. The van der Waals surface area contributed by atoms with Gasteiger partial charge in [-0.1, -0.05) is 0 Å². The molecule has 0 spiro atoms. The normalized spacial score (nSPS) is 48.1. The maximum atomic E-state index is 12.0. The van der Waals surface area contributed by atoms with Gasteiger partial charge >= 0.3 is 12.1 Å². The van der Waals surface area contributed by atoms with E-state index >= 15 is 0 Å². The quantitative estimate of drug-likeness (QED) is 0.612. The van der Waals surface area contributed by atoms with Crippen LogP contribution in [0.5, 0.6) is 0 Å². The molecule has 0 atom stereocenters. The lowest BCUT2D eigenvalue weighted by Gasteiger charge is -2.75. The van der Waals surface area contributed by atoms with E-state index in [4.69, 9.17) is 0 Å². The summed E-state index contributed by atoms with van der Waals surface area (Å²) in [6.07, 6.45) is -2.00. The van der Waals surface area contributed by atoms with Crippen molar-refractivity contribution in [3.8, 4) is 0 Å². The molecule has 3 aliphatic carbocycles. The zero-order valence-corrected chi connectivity index (χ0v) is 7.30. The summed E-state index contributed by atoms with van der Waals surface area (Å²) in [5.41, 5.74) is -0.674. The minimum atomic E-state index is -4.84. The van der Waals surface area contributed by atoms with Crippen LogP contribution < -0.4 is 0 Å². The van der Waals surface area contributed by atoms with Gasteiger partial charge in [0.1, 0.15) is 5.60 Å². The van der Waals surface area contributed by atoms with Crippen molar-refractivity contribution in [3.05, 3.63) is 0 Å². The lowest BCUT2D eigenvalue weighted by molar-refractivity contribution is -0.349. The third-order valence-corrected chi connectivity index (χ3v) is 4.12. The van der Waals surface area contributed by atoms with Crippen molar-refractivity contribution >= 4 is 5.97 Å². The predicted octanol–water partition coefficient (Wildman–Crippen LogP) is 1.89. The molecule has 0 aromatic rings. The number of hydrogen-bond acceptors (Lipinski definition) is 2. The molecule has 14 heavy (non-hydrogen) atoms. The Balaban J connectivity index is 1.72. The third-order valence-electron chi connectivity index (χ3n) is 4.12. The first kappa shape index (κ1) is 8.56. The second kappa shape index (κ2) is 2.09. The first-order valence-corrected chi connectivity index (χ1v) is 4.74. The molecule has 0 saturated heterocycles. The molecular weight excluding hydrogens is 197 g/mol. The highest BCUT2D eigenvalue weighted by Gasteiger charge is 2.77. The number of ether oxygens (including phenoxy) is 1. The van der Waals surface area contributed by atoms with Gasteiger partial charge in [-0.25, -0.2) is 4.79 Å². The Kier molecular flexibility index (Phi) is 1.28. The average Bonchev–Trinajstić information content (AvgIpc) is 2.14. The standard InChI is InChI=1S/C9H9F3O2/c10-9(11,12)7(13)14-8-4-1-5(8)3-6(8)2-4/h4-6H,1-3H2. The molecule has 0 radical (unpaired) electrons. The maximum absolute atomic E-state index is 12.0. The van der Waals surface area contributed by atoms with Gasteiger partial charge in [-0.3, -0.25) is 0 Å². The summed E-state index contributed by atoms with van der Waals surface area (Å²) in [6, 6.07) is 0. The summed E-state index contributed by atoms with van der Waals surface area (Å²) >= 11 is 0. The molecule has 0 amide bonds. The monoisotopic (exact) mass is 206 g/mol. The van der Waals surface area contributed by atoms with Crippen molar-refractivity contribution in [1.82, 2.24) is 0 Å². The molecule has 3 fully saturated rings.